The lowest BCUT2D eigenvalue weighted by Gasteiger charge is -2.31. The maximum absolute atomic E-state index is 12.8. The predicted octanol–water partition coefficient (Wildman–Crippen LogP) is 2.29. The lowest BCUT2D eigenvalue weighted by atomic mass is 10.0. The van der Waals surface area contributed by atoms with Crippen LogP contribution in [0.2, 0.25) is 0 Å². The van der Waals surface area contributed by atoms with Crippen LogP contribution in [-0.4, -0.2) is 47.6 Å². The number of carbonyl (C=O) groups excluding carboxylic acids is 2. The molecular formula is C21H33N3O3. The molecule has 6 heteroatoms. The molecule has 1 aromatic rings. The van der Waals surface area contributed by atoms with Crippen molar-refractivity contribution in [2.75, 3.05) is 24.6 Å². The van der Waals surface area contributed by atoms with E-state index in [-0.39, 0.29) is 24.3 Å². The Morgan fingerprint density at radius 2 is 1.67 bits per heavy atom. The zero-order chi connectivity index (χ0) is 19.8. The zero-order valence-corrected chi connectivity index (χ0v) is 16.6. The smallest absolute Gasteiger partial charge is 0.242 e. The van der Waals surface area contributed by atoms with Crippen LogP contribution in [0.15, 0.2) is 24.3 Å². The Morgan fingerprint density at radius 3 is 2.33 bits per heavy atom. The van der Waals surface area contributed by atoms with Crippen LogP contribution in [0.5, 0.6) is 0 Å². The molecule has 2 rings (SSSR count). The van der Waals surface area contributed by atoms with Crippen molar-refractivity contribution in [2.24, 2.45) is 11.7 Å². The number of aliphatic hydroxyl groups excluding tert-OH is 1. The Labute approximate surface area is 162 Å². The number of amides is 2. The van der Waals surface area contributed by atoms with Gasteiger partial charge in [-0.05, 0) is 24.5 Å². The normalized spacial score (nSPS) is 17.7. The molecule has 0 radical (unpaired) electrons. The first-order valence-electron chi connectivity index (χ1n) is 10.00. The van der Waals surface area contributed by atoms with E-state index < -0.39 is 6.04 Å². The highest BCUT2D eigenvalue weighted by atomic mass is 16.3. The summed E-state index contributed by atoms with van der Waals surface area (Å²) in [6.45, 7) is 5.16. The number of para-hydroxylation sites is 1. The molecule has 0 saturated carbocycles. The summed E-state index contributed by atoms with van der Waals surface area (Å²) < 4.78 is 0. The molecule has 0 aliphatic carbocycles. The molecule has 0 aromatic heterocycles. The molecule has 6 nitrogen and oxygen atoms in total. The largest absolute Gasteiger partial charge is 0.394 e. The molecule has 2 amide bonds. The van der Waals surface area contributed by atoms with Gasteiger partial charge in [0, 0.05) is 31.2 Å². The second kappa shape index (κ2) is 10.4. The number of nitrogens with zero attached hydrogens (tertiary/aromatic N) is 2. The zero-order valence-electron chi connectivity index (χ0n) is 16.6. The topological polar surface area (TPSA) is 86.9 Å². The first-order valence-corrected chi connectivity index (χ1v) is 10.00. The Hall–Kier alpha value is -1.92. The van der Waals surface area contributed by atoms with Crippen LogP contribution in [0, 0.1) is 5.92 Å². The number of fused-ring (bicyclic) bond motifs is 1. The van der Waals surface area contributed by atoms with Gasteiger partial charge in [0.2, 0.25) is 11.8 Å². The second-order valence-corrected chi connectivity index (χ2v) is 7.59. The maximum atomic E-state index is 12.8. The SMILES string of the molecule is CC(C)C(=O)N1CCCCCCCN(C(=O)[C@H](N)CO)Cc2ccccc21. The van der Waals surface area contributed by atoms with Crippen molar-refractivity contribution < 1.29 is 14.7 Å². The lowest BCUT2D eigenvalue weighted by molar-refractivity contribution is -0.134. The van der Waals surface area contributed by atoms with Crippen LogP contribution in [-0.2, 0) is 16.1 Å². The van der Waals surface area contributed by atoms with Crippen molar-refractivity contribution in [2.45, 2.75) is 58.5 Å². The van der Waals surface area contributed by atoms with Gasteiger partial charge in [-0.2, -0.15) is 0 Å². The van der Waals surface area contributed by atoms with Crippen molar-refractivity contribution in [1.29, 1.82) is 0 Å². The van der Waals surface area contributed by atoms with Crippen molar-refractivity contribution in [3.05, 3.63) is 29.8 Å². The van der Waals surface area contributed by atoms with Gasteiger partial charge in [-0.25, -0.2) is 0 Å². The van der Waals surface area contributed by atoms with E-state index in [0.29, 0.717) is 19.6 Å². The number of hydrogen-bond donors (Lipinski definition) is 2. The molecule has 0 unspecified atom stereocenters. The molecule has 150 valence electrons. The second-order valence-electron chi connectivity index (χ2n) is 7.59. The fourth-order valence-corrected chi connectivity index (χ4v) is 3.46. The molecule has 0 spiro atoms. The number of carbonyl (C=O) groups is 2. The van der Waals surface area contributed by atoms with E-state index in [0.717, 1.165) is 43.4 Å². The fraction of sp³-hybridized carbons (Fsp3) is 0.619. The molecule has 0 bridgehead atoms. The number of rotatable bonds is 3. The monoisotopic (exact) mass is 375 g/mol. The van der Waals surface area contributed by atoms with E-state index in [1.807, 2.05) is 43.0 Å². The van der Waals surface area contributed by atoms with E-state index in [2.05, 4.69) is 0 Å². The molecule has 1 aliphatic rings. The van der Waals surface area contributed by atoms with E-state index in [1.54, 1.807) is 4.90 Å². The van der Waals surface area contributed by atoms with Gasteiger partial charge in [0.15, 0.2) is 0 Å². The lowest BCUT2D eigenvalue weighted by Crippen LogP contribution is -2.46. The van der Waals surface area contributed by atoms with Gasteiger partial charge < -0.3 is 20.6 Å². The molecule has 1 atom stereocenters. The number of anilines is 1. The van der Waals surface area contributed by atoms with Crippen LogP contribution in [0.3, 0.4) is 0 Å². The Kier molecular flexibility index (Phi) is 8.25. The number of nitrogens with two attached hydrogens (primary N) is 1. The predicted molar refractivity (Wildman–Crippen MR) is 107 cm³/mol. The Morgan fingerprint density at radius 1 is 1.04 bits per heavy atom. The summed E-state index contributed by atoms with van der Waals surface area (Å²) in [7, 11) is 0. The highest BCUT2D eigenvalue weighted by Crippen LogP contribution is 2.25. The van der Waals surface area contributed by atoms with Crippen LogP contribution >= 0.6 is 0 Å². The molecule has 0 saturated heterocycles. The van der Waals surface area contributed by atoms with Crippen LogP contribution in [0.4, 0.5) is 5.69 Å². The third-order valence-electron chi connectivity index (χ3n) is 5.04. The van der Waals surface area contributed by atoms with E-state index >= 15 is 0 Å². The van der Waals surface area contributed by atoms with E-state index in [1.165, 1.54) is 0 Å². The number of aliphatic hydroxyl groups is 1. The summed E-state index contributed by atoms with van der Waals surface area (Å²) in [6.07, 6.45) is 5.08. The minimum atomic E-state index is -0.904. The van der Waals surface area contributed by atoms with Gasteiger partial charge in [0.1, 0.15) is 6.04 Å². The molecule has 1 aromatic carbocycles. The van der Waals surface area contributed by atoms with Crippen LogP contribution in [0.25, 0.3) is 0 Å². The first-order chi connectivity index (χ1) is 13.0. The summed E-state index contributed by atoms with van der Waals surface area (Å²) in [5.41, 5.74) is 7.60. The molecule has 0 fully saturated rings. The van der Waals surface area contributed by atoms with Gasteiger partial charge in [0.05, 0.1) is 6.61 Å². The van der Waals surface area contributed by atoms with E-state index in [9.17, 15) is 14.7 Å². The van der Waals surface area contributed by atoms with Crippen molar-refractivity contribution in [1.82, 2.24) is 4.90 Å². The van der Waals surface area contributed by atoms with Crippen LogP contribution in [0.1, 0.15) is 51.5 Å². The summed E-state index contributed by atoms with van der Waals surface area (Å²) in [5.74, 6) is -0.234. The average Bonchev–Trinajstić information content (AvgIpc) is 2.66. The Bertz CT molecular complexity index is 633. The molecule has 27 heavy (non-hydrogen) atoms. The summed E-state index contributed by atoms with van der Waals surface area (Å²) in [6, 6.07) is 6.87. The fourth-order valence-electron chi connectivity index (χ4n) is 3.46. The molecule has 3 N–H and O–H groups in total. The number of benzene rings is 1. The average molecular weight is 376 g/mol. The molecule has 1 aliphatic heterocycles. The number of hydrogen-bond acceptors (Lipinski definition) is 4. The van der Waals surface area contributed by atoms with Gasteiger partial charge in [-0.1, -0.05) is 51.3 Å². The van der Waals surface area contributed by atoms with Crippen LogP contribution < -0.4 is 10.6 Å². The third kappa shape index (κ3) is 5.78. The summed E-state index contributed by atoms with van der Waals surface area (Å²) in [5, 5.41) is 9.29. The molecule has 1 heterocycles. The van der Waals surface area contributed by atoms with Gasteiger partial charge in [-0.15, -0.1) is 0 Å². The van der Waals surface area contributed by atoms with Gasteiger partial charge >= 0.3 is 0 Å². The summed E-state index contributed by atoms with van der Waals surface area (Å²) in [4.78, 5) is 29.1. The van der Waals surface area contributed by atoms with Gasteiger partial charge in [-0.3, -0.25) is 9.59 Å². The highest BCUT2D eigenvalue weighted by Gasteiger charge is 2.25. The minimum Gasteiger partial charge on any atom is -0.394 e. The minimum absolute atomic E-state index is 0.0912. The van der Waals surface area contributed by atoms with Crippen molar-refractivity contribution in [3.8, 4) is 0 Å². The standard InChI is InChI=1S/C21H33N3O3/c1-16(2)20(26)24-13-9-5-3-4-8-12-23(21(27)18(22)15-25)14-17-10-6-7-11-19(17)24/h6-7,10-11,16,18,25H,3-5,8-9,12-15,22H2,1-2H3/t18-/m1/s1. The van der Waals surface area contributed by atoms with E-state index in [4.69, 9.17) is 5.73 Å². The molecular weight excluding hydrogens is 342 g/mol. The Balaban J connectivity index is 2.38. The van der Waals surface area contributed by atoms with Crippen molar-refractivity contribution >= 4 is 17.5 Å². The third-order valence-corrected chi connectivity index (χ3v) is 5.04. The maximum Gasteiger partial charge on any atom is 0.242 e. The van der Waals surface area contributed by atoms with Crippen molar-refractivity contribution in [3.63, 3.8) is 0 Å². The van der Waals surface area contributed by atoms with Gasteiger partial charge in [0.25, 0.3) is 0 Å². The summed E-state index contributed by atoms with van der Waals surface area (Å²) >= 11 is 0. The first kappa shape index (κ1) is 21.4. The highest BCUT2D eigenvalue weighted by molar-refractivity contribution is 5.95. The quantitative estimate of drug-likeness (QED) is 0.849.